The van der Waals surface area contributed by atoms with Gasteiger partial charge in [0.25, 0.3) is 5.56 Å². The molecular weight excluding hydrogens is 450 g/mol. The van der Waals surface area contributed by atoms with Gasteiger partial charge in [0.15, 0.2) is 11.5 Å². The van der Waals surface area contributed by atoms with Crippen LogP contribution in [0.4, 0.5) is 11.6 Å². The minimum absolute atomic E-state index is 0.252. The lowest BCUT2D eigenvalue weighted by atomic mass is 10.1. The van der Waals surface area contributed by atoms with E-state index in [-0.39, 0.29) is 12.1 Å². The summed E-state index contributed by atoms with van der Waals surface area (Å²) in [7, 11) is 0. The number of anilines is 2. The summed E-state index contributed by atoms with van der Waals surface area (Å²) in [6.45, 7) is 9.33. The molecule has 4 aromatic heterocycles. The number of nitrogens with one attached hydrogen (secondary N) is 1. The van der Waals surface area contributed by atoms with Crippen molar-refractivity contribution in [2.24, 2.45) is 0 Å². The molecule has 0 amide bonds. The molecule has 0 spiro atoms. The van der Waals surface area contributed by atoms with Gasteiger partial charge in [-0.3, -0.25) is 4.79 Å². The first-order valence-electron chi connectivity index (χ1n) is 10.7. The van der Waals surface area contributed by atoms with Crippen LogP contribution in [0.3, 0.4) is 0 Å². The second-order valence-corrected chi connectivity index (χ2v) is 9.27. The molecule has 1 aromatic carbocycles. The van der Waals surface area contributed by atoms with Gasteiger partial charge in [0.2, 0.25) is 5.95 Å². The zero-order valence-electron chi connectivity index (χ0n) is 19.0. The third-order valence-corrected chi connectivity index (χ3v) is 6.38. The zero-order chi connectivity index (χ0) is 24.0. The van der Waals surface area contributed by atoms with E-state index in [0.29, 0.717) is 28.5 Å². The normalized spacial score (nSPS) is 11.9. The summed E-state index contributed by atoms with van der Waals surface area (Å²) < 4.78 is 8.63. The molecule has 5 rings (SSSR count). The van der Waals surface area contributed by atoms with Crippen LogP contribution in [0, 0.1) is 6.92 Å². The van der Waals surface area contributed by atoms with Crippen molar-refractivity contribution in [1.29, 1.82) is 0 Å². The van der Waals surface area contributed by atoms with Gasteiger partial charge in [-0.05, 0) is 62.6 Å². The van der Waals surface area contributed by atoms with Crippen molar-refractivity contribution in [3.63, 3.8) is 0 Å². The molecule has 0 atom stereocenters. The van der Waals surface area contributed by atoms with Gasteiger partial charge in [-0.25, -0.2) is 19.3 Å². The number of aryl methyl sites for hydroxylation is 1. The first-order chi connectivity index (χ1) is 16.3. The van der Waals surface area contributed by atoms with Crippen LogP contribution in [-0.4, -0.2) is 33.8 Å². The fourth-order valence-corrected chi connectivity index (χ4v) is 4.52. The molecular formula is C24H23N7O2S. The van der Waals surface area contributed by atoms with E-state index in [1.165, 1.54) is 22.4 Å². The Morgan fingerprint density at radius 3 is 2.79 bits per heavy atom. The number of allylic oxidation sites excluding steroid dienone is 1. The molecule has 172 valence electrons. The molecule has 0 radical (unpaired) electrons. The van der Waals surface area contributed by atoms with Gasteiger partial charge in [0, 0.05) is 17.3 Å². The number of aromatic nitrogens is 6. The minimum Gasteiger partial charge on any atom is -0.384 e. The van der Waals surface area contributed by atoms with Crippen LogP contribution in [0.25, 0.3) is 26.9 Å². The highest BCUT2D eigenvalue weighted by atomic mass is 32.1. The Morgan fingerprint density at radius 1 is 1.21 bits per heavy atom. The van der Waals surface area contributed by atoms with Crippen molar-refractivity contribution >= 4 is 44.3 Å². The summed E-state index contributed by atoms with van der Waals surface area (Å²) in [4.78, 5) is 26.8. The Hall–Kier alpha value is -3.89. The van der Waals surface area contributed by atoms with Gasteiger partial charge in [-0.1, -0.05) is 12.1 Å². The number of fused-ring (bicyclic) bond motifs is 2. The lowest BCUT2D eigenvalue weighted by Gasteiger charge is -2.18. The predicted molar refractivity (Wildman–Crippen MR) is 134 cm³/mol. The van der Waals surface area contributed by atoms with E-state index in [1.807, 2.05) is 25.1 Å². The maximum absolute atomic E-state index is 13.1. The second kappa shape index (κ2) is 8.15. The van der Waals surface area contributed by atoms with E-state index in [9.17, 15) is 9.90 Å². The van der Waals surface area contributed by atoms with Gasteiger partial charge < -0.3 is 10.4 Å². The van der Waals surface area contributed by atoms with Gasteiger partial charge in [0.1, 0.15) is 11.0 Å². The lowest BCUT2D eigenvalue weighted by molar-refractivity contribution is 0.0738. The van der Waals surface area contributed by atoms with Crippen LogP contribution in [-0.2, 0) is 12.1 Å². The number of rotatable bonds is 6. The van der Waals surface area contributed by atoms with Crippen LogP contribution in [0.15, 0.2) is 60.0 Å². The number of nitrogens with zero attached hydrogens (tertiary/aromatic N) is 6. The molecule has 0 saturated carbocycles. The molecule has 0 saturated heterocycles. The standard InChI is InChI=1S/C24H23N7O2S/c1-5-11-30-22(32)17-13-25-23(26-15-9-10-18-16(12-15)14(2)29-34-18)28-21(17)31(30)20-8-6-7-19(27-20)24(3,4)33/h5-10,12-13,33H,1,11H2,2-4H3,(H,25,26,28). The van der Waals surface area contributed by atoms with E-state index in [1.54, 1.807) is 42.8 Å². The van der Waals surface area contributed by atoms with Gasteiger partial charge >= 0.3 is 0 Å². The van der Waals surface area contributed by atoms with Crippen molar-refractivity contribution in [2.45, 2.75) is 32.9 Å². The van der Waals surface area contributed by atoms with Crippen molar-refractivity contribution in [2.75, 3.05) is 5.32 Å². The molecule has 0 aliphatic heterocycles. The summed E-state index contributed by atoms with van der Waals surface area (Å²) in [5, 5.41) is 15.1. The monoisotopic (exact) mass is 473 g/mol. The summed E-state index contributed by atoms with van der Waals surface area (Å²) in [5.41, 5.74) is 1.27. The molecule has 34 heavy (non-hydrogen) atoms. The van der Waals surface area contributed by atoms with Crippen molar-refractivity contribution < 1.29 is 5.11 Å². The van der Waals surface area contributed by atoms with Crippen LogP contribution < -0.4 is 10.9 Å². The molecule has 0 aliphatic carbocycles. The van der Waals surface area contributed by atoms with E-state index in [4.69, 9.17) is 0 Å². The largest absolute Gasteiger partial charge is 0.384 e. The average Bonchev–Trinajstić information content (AvgIpc) is 3.31. The summed E-state index contributed by atoms with van der Waals surface area (Å²) in [5.74, 6) is 0.801. The number of benzene rings is 1. The van der Waals surface area contributed by atoms with Crippen molar-refractivity contribution in [1.82, 2.24) is 28.7 Å². The fourth-order valence-electron chi connectivity index (χ4n) is 3.76. The first-order valence-corrected chi connectivity index (χ1v) is 11.5. The third kappa shape index (κ3) is 3.76. The lowest BCUT2D eigenvalue weighted by Crippen LogP contribution is -2.23. The highest BCUT2D eigenvalue weighted by Crippen LogP contribution is 2.27. The van der Waals surface area contributed by atoms with Crippen LogP contribution >= 0.6 is 11.5 Å². The molecule has 0 bridgehead atoms. The first kappa shape index (κ1) is 21.9. The summed E-state index contributed by atoms with van der Waals surface area (Å²) >= 11 is 1.46. The molecule has 0 aliphatic rings. The SMILES string of the molecule is C=CCn1c(=O)c2cnc(Nc3ccc4snc(C)c4c3)nc2n1-c1cccc(C(C)(C)O)n1. The number of hydrogen-bond acceptors (Lipinski definition) is 8. The fraction of sp³-hybridized carbons (Fsp3) is 0.208. The molecule has 10 heteroatoms. The van der Waals surface area contributed by atoms with Crippen molar-refractivity contribution in [3.8, 4) is 5.82 Å². The van der Waals surface area contributed by atoms with Crippen LogP contribution in [0.1, 0.15) is 25.2 Å². The maximum Gasteiger partial charge on any atom is 0.278 e. The summed E-state index contributed by atoms with van der Waals surface area (Å²) in [6, 6.07) is 11.2. The summed E-state index contributed by atoms with van der Waals surface area (Å²) in [6.07, 6.45) is 3.15. The number of aliphatic hydroxyl groups is 1. The Bertz CT molecular complexity index is 1610. The average molecular weight is 474 g/mol. The Balaban J connectivity index is 1.66. The van der Waals surface area contributed by atoms with Gasteiger partial charge in [-0.15, -0.1) is 6.58 Å². The molecule has 4 heterocycles. The van der Waals surface area contributed by atoms with Crippen LogP contribution in [0.2, 0.25) is 0 Å². The number of pyridine rings is 1. The highest BCUT2D eigenvalue weighted by molar-refractivity contribution is 7.13. The van der Waals surface area contributed by atoms with E-state index in [0.717, 1.165) is 21.5 Å². The topological polar surface area (TPSA) is 111 Å². The second-order valence-electron chi connectivity index (χ2n) is 8.46. The van der Waals surface area contributed by atoms with E-state index in [2.05, 4.69) is 31.2 Å². The Morgan fingerprint density at radius 2 is 2.03 bits per heavy atom. The van der Waals surface area contributed by atoms with Gasteiger partial charge in [-0.2, -0.15) is 9.36 Å². The van der Waals surface area contributed by atoms with Crippen LogP contribution in [0.5, 0.6) is 0 Å². The van der Waals surface area contributed by atoms with Crippen molar-refractivity contribution in [3.05, 3.63) is 77.0 Å². The predicted octanol–water partition coefficient (Wildman–Crippen LogP) is 4.05. The molecule has 5 aromatic rings. The third-order valence-electron chi connectivity index (χ3n) is 5.46. The van der Waals surface area contributed by atoms with Gasteiger partial charge in [0.05, 0.1) is 22.6 Å². The zero-order valence-corrected chi connectivity index (χ0v) is 19.8. The Kier molecular flexibility index (Phi) is 5.26. The smallest absolute Gasteiger partial charge is 0.278 e. The number of hydrogen-bond donors (Lipinski definition) is 2. The molecule has 2 N–H and O–H groups in total. The van der Waals surface area contributed by atoms with E-state index < -0.39 is 5.60 Å². The quantitative estimate of drug-likeness (QED) is 0.358. The molecule has 9 nitrogen and oxygen atoms in total. The molecule has 0 fully saturated rings. The Labute approximate surface area is 199 Å². The van der Waals surface area contributed by atoms with E-state index >= 15 is 0 Å². The highest BCUT2D eigenvalue weighted by Gasteiger charge is 2.21. The maximum atomic E-state index is 13.1. The minimum atomic E-state index is -1.14. The molecule has 0 unspecified atom stereocenters.